The van der Waals surface area contributed by atoms with Crippen LogP contribution in [0.5, 0.6) is 0 Å². The Morgan fingerprint density at radius 3 is 2.86 bits per heavy atom. The van der Waals surface area contributed by atoms with Gasteiger partial charge in [0, 0.05) is 24.4 Å². The number of Topliss-reactive ketones (excluding diaryl/α,β-unsaturated/α-hetero) is 1. The van der Waals surface area contributed by atoms with Crippen molar-refractivity contribution in [3.05, 3.63) is 21.3 Å². The third kappa shape index (κ3) is 3.78. The highest BCUT2D eigenvalue weighted by atomic mass is 35.5. The van der Waals surface area contributed by atoms with Crippen molar-refractivity contribution in [3.8, 4) is 0 Å². The molecule has 0 amide bonds. The lowest BCUT2D eigenvalue weighted by molar-refractivity contribution is 0.0986. The standard InChI is InChI=1S/C10H14ClNOS/c1-7(2)12-4-3-9(13)10-5-8(11)6-14-10/h5-7,12H,3-4H2,1-2H3. The van der Waals surface area contributed by atoms with Gasteiger partial charge >= 0.3 is 0 Å². The molecule has 0 saturated heterocycles. The van der Waals surface area contributed by atoms with E-state index in [-0.39, 0.29) is 5.78 Å². The van der Waals surface area contributed by atoms with Gasteiger partial charge in [0.05, 0.1) is 9.90 Å². The Morgan fingerprint density at radius 1 is 1.64 bits per heavy atom. The van der Waals surface area contributed by atoms with Crippen LogP contribution in [-0.4, -0.2) is 18.4 Å². The first-order chi connectivity index (χ1) is 6.59. The number of carbonyl (C=O) groups is 1. The minimum atomic E-state index is 0.162. The summed E-state index contributed by atoms with van der Waals surface area (Å²) in [6, 6.07) is 2.15. The van der Waals surface area contributed by atoms with Crippen molar-refractivity contribution in [2.45, 2.75) is 26.3 Å². The maximum Gasteiger partial charge on any atom is 0.174 e. The zero-order chi connectivity index (χ0) is 10.6. The van der Waals surface area contributed by atoms with Crippen LogP contribution in [0.1, 0.15) is 29.9 Å². The molecular weight excluding hydrogens is 218 g/mol. The quantitative estimate of drug-likeness (QED) is 0.790. The molecule has 1 rings (SSSR count). The number of hydrogen-bond donors (Lipinski definition) is 1. The molecule has 1 aromatic rings. The number of rotatable bonds is 5. The Hall–Kier alpha value is -0.380. The largest absolute Gasteiger partial charge is 0.314 e. The first kappa shape index (κ1) is 11.7. The van der Waals surface area contributed by atoms with Crippen molar-refractivity contribution in [1.82, 2.24) is 5.32 Å². The molecule has 0 radical (unpaired) electrons. The molecule has 0 saturated carbocycles. The molecule has 2 nitrogen and oxygen atoms in total. The fourth-order valence-electron chi connectivity index (χ4n) is 1.06. The second kappa shape index (κ2) is 5.49. The van der Waals surface area contributed by atoms with Gasteiger partial charge in [-0.05, 0) is 6.07 Å². The topological polar surface area (TPSA) is 29.1 Å². The van der Waals surface area contributed by atoms with Crippen LogP contribution in [-0.2, 0) is 0 Å². The summed E-state index contributed by atoms with van der Waals surface area (Å²) in [6.45, 7) is 4.85. The lowest BCUT2D eigenvalue weighted by Gasteiger charge is -2.05. The van der Waals surface area contributed by atoms with E-state index in [9.17, 15) is 4.79 Å². The van der Waals surface area contributed by atoms with Crippen molar-refractivity contribution in [3.63, 3.8) is 0 Å². The maximum atomic E-state index is 11.6. The highest BCUT2D eigenvalue weighted by Gasteiger charge is 2.08. The minimum Gasteiger partial charge on any atom is -0.314 e. The highest BCUT2D eigenvalue weighted by Crippen LogP contribution is 2.20. The molecule has 1 aromatic heterocycles. The van der Waals surface area contributed by atoms with Gasteiger partial charge in [0.25, 0.3) is 0 Å². The van der Waals surface area contributed by atoms with Crippen molar-refractivity contribution >= 4 is 28.7 Å². The predicted octanol–water partition coefficient (Wildman–Crippen LogP) is 2.97. The molecule has 0 unspecified atom stereocenters. The van der Waals surface area contributed by atoms with E-state index in [2.05, 4.69) is 19.2 Å². The Labute approximate surface area is 93.3 Å². The normalized spacial score (nSPS) is 10.9. The molecule has 78 valence electrons. The third-order valence-corrected chi connectivity index (χ3v) is 3.07. The van der Waals surface area contributed by atoms with Gasteiger partial charge in [0.15, 0.2) is 5.78 Å². The number of hydrogen-bond acceptors (Lipinski definition) is 3. The molecule has 0 atom stereocenters. The van der Waals surface area contributed by atoms with Gasteiger partial charge in [-0.3, -0.25) is 4.79 Å². The van der Waals surface area contributed by atoms with E-state index in [1.165, 1.54) is 11.3 Å². The fraction of sp³-hybridized carbons (Fsp3) is 0.500. The highest BCUT2D eigenvalue weighted by molar-refractivity contribution is 7.12. The molecule has 0 aliphatic rings. The summed E-state index contributed by atoms with van der Waals surface area (Å²) in [5, 5.41) is 5.63. The van der Waals surface area contributed by atoms with Crippen LogP contribution in [0.4, 0.5) is 0 Å². The molecule has 0 spiro atoms. The fourth-order valence-corrected chi connectivity index (χ4v) is 2.10. The van der Waals surface area contributed by atoms with E-state index in [4.69, 9.17) is 11.6 Å². The molecule has 0 bridgehead atoms. The molecule has 0 aliphatic carbocycles. The average Bonchev–Trinajstić information content (AvgIpc) is 2.51. The van der Waals surface area contributed by atoms with Crippen molar-refractivity contribution in [1.29, 1.82) is 0 Å². The predicted molar refractivity (Wildman–Crippen MR) is 61.4 cm³/mol. The van der Waals surface area contributed by atoms with Gasteiger partial charge in [-0.15, -0.1) is 11.3 Å². The van der Waals surface area contributed by atoms with E-state index >= 15 is 0 Å². The summed E-state index contributed by atoms with van der Waals surface area (Å²) >= 11 is 7.14. The van der Waals surface area contributed by atoms with Gasteiger partial charge in [-0.2, -0.15) is 0 Å². The van der Waals surface area contributed by atoms with Crippen molar-refractivity contribution < 1.29 is 4.79 Å². The number of thiophene rings is 1. The van der Waals surface area contributed by atoms with Crippen molar-refractivity contribution in [2.75, 3.05) is 6.54 Å². The number of ketones is 1. The molecule has 14 heavy (non-hydrogen) atoms. The van der Waals surface area contributed by atoms with Crippen LogP contribution in [0.2, 0.25) is 5.02 Å². The Balaban J connectivity index is 2.36. The summed E-state index contributed by atoms with van der Waals surface area (Å²) in [5.41, 5.74) is 0. The Kier molecular flexibility index (Phi) is 4.58. The summed E-state index contributed by atoms with van der Waals surface area (Å²) in [4.78, 5) is 12.3. The smallest absolute Gasteiger partial charge is 0.174 e. The summed E-state index contributed by atoms with van der Waals surface area (Å²) < 4.78 is 0. The first-order valence-corrected chi connectivity index (χ1v) is 5.86. The van der Waals surface area contributed by atoms with Gasteiger partial charge < -0.3 is 5.32 Å². The average molecular weight is 232 g/mol. The number of nitrogens with one attached hydrogen (secondary N) is 1. The van der Waals surface area contributed by atoms with Gasteiger partial charge in [-0.1, -0.05) is 25.4 Å². The van der Waals surface area contributed by atoms with E-state index in [0.717, 1.165) is 11.4 Å². The minimum absolute atomic E-state index is 0.162. The second-order valence-electron chi connectivity index (χ2n) is 3.41. The van der Waals surface area contributed by atoms with Gasteiger partial charge in [-0.25, -0.2) is 0 Å². The number of halogens is 1. The lowest BCUT2D eigenvalue weighted by atomic mass is 10.2. The molecule has 0 aliphatic heterocycles. The van der Waals surface area contributed by atoms with E-state index in [1.807, 2.05) is 0 Å². The second-order valence-corrected chi connectivity index (χ2v) is 4.76. The van der Waals surface area contributed by atoms with Crippen LogP contribution in [0, 0.1) is 0 Å². The zero-order valence-corrected chi connectivity index (χ0v) is 9.91. The van der Waals surface area contributed by atoms with Crippen LogP contribution in [0.3, 0.4) is 0 Å². The monoisotopic (exact) mass is 231 g/mol. The van der Waals surface area contributed by atoms with Crippen LogP contribution in [0.15, 0.2) is 11.4 Å². The van der Waals surface area contributed by atoms with E-state index in [1.54, 1.807) is 11.4 Å². The third-order valence-electron chi connectivity index (χ3n) is 1.75. The van der Waals surface area contributed by atoms with E-state index in [0.29, 0.717) is 17.5 Å². The van der Waals surface area contributed by atoms with Crippen LogP contribution in [0.25, 0.3) is 0 Å². The molecule has 0 aromatic carbocycles. The molecule has 0 fully saturated rings. The molecule has 1 N–H and O–H groups in total. The Bertz CT molecular complexity index is 309. The van der Waals surface area contributed by atoms with E-state index < -0.39 is 0 Å². The molecular formula is C10H14ClNOS. The maximum absolute atomic E-state index is 11.6. The van der Waals surface area contributed by atoms with Crippen LogP contribution < -0.4 is 5.32 Å². The summed E-state index contributed by atoms with van der Waals surface area (Å²) in [7, 11) is 0. The summed E-state index contributed by atoms with van der Waals surface area (Å²) in [6.07, 6.45) is 0.537. The summed E-state index contributed by atoms with van der Waals surface area (Å²) in [5.74, 6) is 0.162. The lowest BCUT2D eigenvalue weighted by Crippen LogP contribution is -2.25. The van der Waals surface area contributed by atoms with Gasteiger partial charge in [0.2, 0.25) is 0 Å². The van der Waals surface area contributed by atoms with Crippen LogP contribution >= 0.6 is 22.9 Å². The van der Waals surface area contributed by atoms with Gasteiger partial charge in [0.1, 0.15) is 0 Å². The molecule has 4 heteroatoms. The first-order valence-electron chi connectivity index (χ1n) is 4.60. The SMILES string of the molecule is CC(C)NCCC(=O)c1cc(Cl)cs1. The van der Waals surface area contributed by atoms with Crippen molar-refractivity contribution in [2.24, 2.45) is 0 Å². The Morgan fingerprint density at radius 2 is 2.36 bits per heavy atom. The molecule has 1 heterocycles. The number of carbonyl (C=O) groups excluding carboxylic acids is 1. The zero-order valence-electron chi connectivity index (χ0n) is 8.34.